The van der Waals surface area contributed by atoms with E-state index >= 15 is 0 Å². The number of furan rings is 1. The fourth-order valence-corrected chi connectivity index (χ4v) is 2.07. The van der Waals surface area contributed by atoms with E-state index in [-0.39, 0.29) is 0 Å². The van der Waals surface area contributed by atoms with Gasteiger partial charge in [0.05, 0.1) is 31.0 Å². The molecule has 0 aliphatic carbocycles. The lowest BCUT2D eigenvalue weighted by Gasteiger charge is -2.01. The summed E-state index contributed by atoms with van der Waals surface area (Å²) >= 11 is 0. The lowest BCUT2D eigenvalue weighted by atomic mass is 10.1. The molecule has 0 fully saturated rings. The minimum absolute atomic E-state index is 0.827. The van der Waals surface area contributed by atoms with Crippen LogP contribution in [0.1, 0.15) is 0 Å². The molecule has 0 aliphatic rings. The molecule has 4 nitrogen and oxygen atoms in total. The Bertz CT molecular complexity index is 684. The number of aromatic nitrogens is 2. The highest BCUT2D eigenvalue weighted by Crippen LogP contribution is 2.27. The molecule has 4 heteroatoms. The molecule has 3 rings (SSSR count). The quantitative estimate of drug-likeness (QED) is 0.719. The van der Waals surface area contributed by atoms with Gasteiger partial charge in [-0.25, -0.2) is 0 Å². The van der Waals surface area contributed by atoms with Crippen LogP contribution in [0.3, 0.4) is 0 Å². The molecule has 0 N–H and O–H groups in total. The normalized spacial score (nSPS) is 10.6. The molecule has 0 spiro atoms. The molecule has 96 valence electrons. The second-order valence-corrected chi connectivity index (χ2v) is 4.28. The van der Waals surface area contributed by atoms with Crippen molar-refractivity contribution in [3.05, 3.63) is 48.9 Å². The highest BCUT2D eigenvalue weighted by atomic mass is 16.5. The number of nitrogens with zero attached hydrogens (tertiary/aromatic N) is 2. The molecule has 0 unspecified atom stereocenters. The Kier molecular flexibility index (Phi) is 2.83. The Morgan fingerprint density at radius 3 is 2.79 bits per heavy atom. The summed E-state index contributed by atoms with van der Waals surface area (Å²) in [6, 6.07) is 11.8. The molecule has 2 heterocycles. The molecule has 0 saturated heterocycles. The van der Waals surface area contributed by atoms with Gasteiger partial charge in [0.2, 0.25) is 0 Å². The van der Waals surface area contributed by atoms with Gasteiger partial charge in [-0.2, -0.15) is 5.10 Å². The number of benzene rings is 1. The van der Waals surface area contributed by atoms with Gasteiger partial charge in [-0.3, -0.25) is 4.68 Å². The fraction of sp³-hybridized carbons (Fsp3) is 0.133. The average molecular weight is 254 g/mol. The number of hydrogen-bond acceptors (Lipinski definition) is 3. The van der Waals surface area contributed by atoms with Crippen LogP contribution in [0.2, 0.25) is 0 Å². The minimum Gasteiger partial charge on any atom is -0.497 e. The number of hydrogen-bond donors (Lipinski definition) is 0. The third-order valence-electron chi connectivity index (χ3n) is 3.06. The summed E-state index contributed by atoms with van der Waals surface area (Å²) < 4.78 is 12.2. The van der Waals surface area contributed by atoms with Gasteiger partial charge in [-0.15, -0.1) is 0 Å². The SMILES string of the molecule is COc1cccc(-c2cc(-c3ccoc3)n(C)n2)c1. The van der Waals surface area contributed by atoms with Crippen LogP contribution in [-0.2, 0) is 7.05 Å². The van der Waals surface area contributed by atoms with E-state index in [1.54, 1.807) is 19.6 Å². The van der Waals surface area contributed by atoms with Crippen LogP contribution in [0, 0.1) is 0 Å². The first-order chi connectivity index (χ1) is 9.28. The maximum absolute atomic E-state index is 5.24. The van der Waals surface area contributed by atoms with E-state index in [0.29, 0.717) is 0 Å². The first-order valence-electron chi connectivity index (χ1n) is 5.99. The zero-order chi connectivity index (χ0) is 13.2. The lowest BCUT2D eigenvalue weighted by Crippen LogP contribution is -1.92. The van der Waals surface area contributed by atoms with Gasteiger partial charge in [0.15, 0.2) is 0 Å². The van der Waals surface area contributed by atoms with Crippen LogP contribution < -0.4 is 4.74 Å². The van der Waals surface area contributed by atoms with Crippen molar-refractivity contribution in [3.8, 4) is 28.3 Å². The highest BCUT2D eigenvalue weighted by Gasteiger charge is 2.10. The van der Waals surface area contributed by atoms with Crippen molar-refractivity contribution in [1.82, 2.24) is 9.78 Å². The second-order valence-electron chi connectivity index (χ2n) is 4.28. The van der Waals surface area contributed by atoms with Crippen molar-refractivity contribution in [1.29, 1.82) is 0 Å². The molecule has 19 heavy (non-hydrogen) atoms. The molecule has 0 amide bonds. The van der Waals surface area contributed by atoms with Crippen LogP contribution in [0.4, 0.5) is 0 Å². The van der Waals surface area contributed by atoms with E-state index in [2.05, 4.69) is 5.10 Å². The molecule has 2 aromatic heterocycles. The van der Waals surface area contributed by atoms with Gasteiger partial charge in [0.25, 0.3) is 0 Å². The predicted molar refractivity (Wildman–Crippen MR) is 72.9 cm³/mol. The molecule has 0 atom stereocenters. The van der Waals surface area contributed by atoms with Crippen molar-refractivity contribution in [2.45, 2.75) is 0 Å². The molecule has 0 saturated carbocycles. The van der Waals surface area contributed by atoms with Crippen molar-refractivity contribution in [2.24, 2.45) is 7.05 Å². The average Bonchev–Trinajstić information content (AvgIpc) is 3.07. The first-order valence-corrected chi connectivity index (χ1v) is 5.99. The molecule has 1 aromatic carbocycles. The fourth-order valence-electron chi connectivity index (χ4n) is 2.07. The summed E-state index contributed by atoms with van der Waals surface area (Å²) in [5.41, 5.74) is 3.98. The van der Waals surface area contributed by atoms with Crippen molar-refractivity contribution < 1.29 is 9.15 Å². The third-order valence-corrected chi connectivity index (χ3v) is 3.06. The topological polar surface area (TPSA) is 40.2 Å². The van der Waals surface area contributed by atoms with Gasteiger partial charge in [0.1, 0.15) is 5.75 Å². The Balaban J connectivity index is 2.04. The third kappa shape index (κ3) is 2.12. The molecule has 0 radical (unpaired) electrons. The lowest BCUT2D eigenvalue weighted by molar-refractivity contribution is 0.415. The minimum atomic E-state index is 0.827. The van der Waals surface area contributed by atoms with E-state index in [4.69, 9.17) is 9.15 Å². The molecular weight excluding hydrogens is 240 g/mol. The van der Waals surface area contributed by atoms with E-state index in [1.165, 1.54) is 0 Å². The van der Waals surface area contributed by atoms with Gasteiger partial charge < -0.3 is 9.15 Å². The summed E-state index contributed by atoms with van der Waals surface area (Å²) in [6.45, 7) is 0. The van der Waals surface area contributed by atoms with Crippen molar-refractivity contribution in [3.63, 3.8) is 0 Å². The molecule has 3 aromatic rings. The predicted octanol–water partition coefficient (Wildman–Crippen LogP) is 3.36. The van der Waals surface area contributed by atoms with Gasteiger partial charge in [-0.05, 0) is 24.3 Å². The van der Waals surface area contributed by atoms with E-state index in [0.717, 1.165) is 28.3 Å². The Hall–Kier alpha value is -2.49. The summed E-state index contributed by atoms with van der Waals surface area (Å²) in [5.74, 6) is 0.827. The summed E-state index contributed by atoms with van der Waals surface area (Å²) in [5, 5.41) is 4.53. The standard InChI is InChI=1S/C15H14N2O2/c1-17-15(12-6-7-19-10-12)9-14(16-17)11-4-3-5-13(8-11)18-2/h3-10H,1-2H3. The number of ether oxygens (including phenoxy) is 1. The number of rotatable bonds is 3. The maximum atomic E-state index is 5.24. The summed E-state index contributed by atoms with van der Waals surface area (Å²) in [7, 11) is 3.58. The van der Waals surface area contributed by atoms with E-state index in [9.17, 15) is 0 Å². The molecular formula is C15H14N2O2. The first kappa shape index (κ1) is 11.6. The zero-order valence-corrected chi connectivity index (χ0v) is 10.8. The second kappa shape index (κ2) is 4.65. The number of aryl methyl sites for hydroxylation is 1. The van der Waals surface area contributed by atoms with Crippen LogP contribution in [0.15, 0.2) is 53.3 Å². The Labute approximate surface area is 111 Å². The maximum Gasteiger partial charge on any atom is 0.119 e. The van der Waals surface area contributed by atoms with Gasteiger partial charge >= 0.3 is 0 Å². The van der Waals surface area contributed by atoms with Crippen molar-refractivity contribution >= 4 is 0 Å². The summed E-state index contributed by atoms with van der Waals surface area (Å²) in [6.07, 6.45) is 3.37. The Morgan fingerprint density at radius 2 is 2.05 bits per heavy atom. The van der Waals surface area contributed by atoms with Crippen LogP contribution in [-0.4, -0.2) is 16.9 Å². The van der Waals surface area contributed by atoms with Crippen LogP contribution in [0.25, 0.3) is 22.5 Å². The van der Waals surface area contributed by atoms with Crippen LogP contribution >= 0.6 is 0 Å². The monoisotopic (exact) mass is 254 g/mol. The van der Waals surface area contributed by atoms with Crippen molar-refractivity contribution in [2.75, 3.05) is 7.11 Å². The zero-order valence-electron chi connectivity index (χ0n) is 10.8. The Morgan fingerprint density at radius 1 is 1.16 bits per heavy atom. The molecule has 0 bridgehead atoms. The van der Waals surface area contributed by atoms with E-state index in [1.807, 2.05) is 48.1 Å². The van der Waals surface area contributed by atoms with Crippen LogP contribution in [0.5, 0.6) is 5.75 Å². The summed E-state index contributed by atoms with van der Waals surface area (Å²) in [4.78, 5) is 0. The largest absolute Gasteiger partial charge is 0.497 e. The van der Waals surface area contributed by atoms with E-state index < -0.39 is 0 Å². The highest BCUT2D eigenvalue weighted by molar-refractivity contribution is 5.68. The van der Waals surface area contributed by atoms with Gasteiger partial charge in [0, 0.05) is 18.2 Å². The van der Waals surface area contributed by atoms with Gasteiger partial charge in [-0.1, -0.05) is 12.1 Å². The smallest absolute Gasteiger partial charge is 0.119 e. The molecule has 0 aliphatic heterocycles. The number of methoxy groups -OCH3 is 1.